The summed E-state index contributed by atoms with van der Waals surface area (Å²) >= 11 is 0. The fourth-order valence-electron chi connectivity index (χ4n) is 9.29. The smallest absolute Gasteiger partial charge is 0.333 e. The predicted octanol–water partition coefficient (Wildman–Crippen LogP) is 5.14. The number of furan rings is 1. The lowest BCUT2D eigenvalue weighted by Crippen LogP contribution is -2.71. The summed E-state index contributed by atoms with van der Waals surface area (Å²) in [4.78, 5) is 27.0. The van der Waals surface area contributed by atoms with Crippen molar-refractivity contribution in [3.63, 3.8) is 0 Å². The second-order valence-corrected chi connectivity index (χ2v) is 12.9. The van der Waals surface area contributed by atoms with Crippen LogP contribution in [0.2, 0.25) is 0 Å². The van der Waals surface area contributed by atoms with Gasteiger partial charge in [0.05, 0.1) is 31.3 Å². The number of hydrogen-bond donors (Lipinski definition) is 1. The molecule has 6 heteroatoms. The van der Waals surface area contributed by atoms with Crippen LogP contribution in [0.5, 0.6) is 0 Å². The van der Waals surface area contributed by atoms with E-state index in [-0.39, 0.29) is 34.9 Å². The highest BCUT2D eigenvalue weighted by molar-refractivity contribution is 5.97. The Bertz CT molecular complexity index is 1240. The Morgan fingerprint density at radius 1 is 1.19 bits per heavy atom. The predicted molar refractivity (Wildman–Crippen MR) is 137 cm³/mol. The SMILES string of the molecule is CC=C(C)C(=O)OC1CC2C(C)(C3=CCC(c4ccoc4)C31C)C(O)C1OCC3(C)C=CC(=O)C2(C)C13. The van der Waals surface area contributed by atoms with Crippen molar-refractivity contribution in [1.82, 2.24) is 0 Å². The number of fused-ring (bicyclic) bond motifs is 4. The first-order valence-electron chi connectivity index (χ1n) is 13.5. The van der Waals surface area contributed by atoms with E-state index >= 15 is 0 Å². The minimum absolute atomic E-state index is 0.0252. The molecule has 1 N–H and O–H groups in total. The van der Waals surface area contributed by atoms with Crippen molar-refractivity contribution in [1.29, 1.82) is 0 Å². The van der Waals surface area contributed by atoms with Crippen LogP contribution in [0.4, 0.5) is 0 Å². The van der Waals surface area contributed by atoms with Crippen LogP contribution in [0, 0.1) is 33.5 Å². The van der Waals surface area contributed by atoms with Crippen molar-refractivity contribution in [3.8, 4) is 0 Å². The summed E-state index contributed by atoms with van der Waals surface area (Å²) in [5, 5.41) is 12.1. The molecule has 0 radical (unpaired) electrons. The van der Waals surface area contributed by atoms with Gasteiger partial charge in [-0.1, -0.05) is 51.5 Å². The summed E-state index contributed by atoms with van der Waals surface area (Å²) < 4.78 is 18.2. The first kappa shape index (κ1) is 24.9. The van der Waals surface area contributed by atoms with Crippen LogP contribution in [0.25, 0.3) is 0 Å². The topological polar surface area (TPSA) is 86.0 Å². The molecule has 1 aromatic rings. The minimum Gasteiger partial charge on any atom is -0.472 e. The van der Waals surface area contributed by atoms with Crippen LogP contribution in [0.1, 0.15) is 65.9 Å². The molecule has 10 unspecified atom stereocenters. The van der Waals surface area contributed by atoms with Crippen LogP contribution in [0.3, 0.4) is 0 Å². The second-order valence-electron chi connectivity index (χ2n) is 12.9. The lowest BCUT2D eigenvalue weighted by Gasteiger charge is -2.66. The molecule has 3 fully saturated rings. The number of carbonyl (C=O) groups excluding carboxylic acids is 2. The van der Waals surface area contributed by atoms with Crippen molar-refractivity contribution in [2.45, 2.75) is 78.6 Å². The van der Waals surface area contributed by atoms with Gasteiger partial charge in [0, 0.05) is 39.1 Å². The zero-order valence-corrected chi connectivity index (χ0v) is 22.6. The Morgan fingerprint density at radius 3 is 2.62 bits per heavy atom. The summed E-state index contributed by atoms with van der Waals surface area (Å²) in [6, 6.07) is 1.98. The monoisotopic (exact) mass is 506 g/mol. The highest BCUT2D eigenvalue weighted by Gasteiger charge is 2.76. The van der Waals surface area contributed by atoms with Gasteiger partial charge in [0.25, 0.3) is 0 Å². The molecular formula is C31H38O6. The van der Waals surface area contributed by atoms with E-state index in [9.17, 15) is 14.7 Å². The van der Waals surface area contributed by atoms with E-state index < -0.39 is 34.6 Å². The summed E-state index contributed by atoms with van der Waals surface area (Å²) in [6.07, 6.45) is 10.7. The fourth-order valence-corrected chi connectivity index (χ4v) is 9.29. The number of rotatable bonds is 3. The number of hydrogen-bond acceptors (Lipinski definition) is 6. The first-order valence-corrected chi connectivity index (χ1v) is 13.5. The third-order valence-electron chi connectivity index (χ3n) is 11.3. The molecule has 0 amide bonds. The van der Waals surface area contributed by atoms with E-state index in [1.54, 1.807) is 31.6 Å². The van der Waals surface area contributed by atoms with E-state index in [0.29, 0.717) is 18.6 Å². The van der Waals surface area contributed by atoms with Crippen LogP contribution < -0.4 is 0 Å². The van der Waals surface area contributed by atoms with Gasteiger partial charge in [-0.05, 0) is 50.3 Å². The Kier molecular flexibility index (Phi) is 5.24. The number of aliphatic hydroxyl groups excluding tert-OH is 1. The Balaban J connectivity index is 1.54. The number of allylic oxidation sites excluding steroid dienone is 3. The number of carbonyl (C=O) groups is 2. The van der Waals surface area contributed by atoms with Gasteiger partial charge in [-0.15, -0.1) is 0 Å². The van der Waals surface area contributed by atoms with Crippen LogP contribution >= 0.6 is 0 Å². The zero-order valence-electron chi connectivity index (χ0n) is 22.6. The molecular weight excluding hydrogens is 468 g/mol. The maximum absolute atomic E-state index is 13.8. The third kappa shape index (κ3) is 2.89. The highest BCUT2D eigenvalue weighted by Crippen LogP contribution is 2.74. The Hall–Kier alpha value is -2.44. The molecule has 1 aromatic heterocycles. The molecule has 1 aliphatic heterocycles. The molecule has 2 saturated carbocycles. The summed E-state index contributed by atoms with van der Waals surface area (Å²) in [5.74, 6) is -0.594. The fraction of sp³-hybridized carbons (Fsp3) is 0.613. The highest BCUT2D eigenvalue weighted by atomic mass is 16.5. The van der Waals surface area contributed by atoms with Gasteiger partial charge in [0.15, 0.2) is 5.78 Å². The van der Waals surface area contributed by atoms with E-state index in [4.69, 9.17) is 13.9 Å². The van der Waals surface area contributed by atoms with E-state index in [2.05, 4.69) is 33.8 Å². The quantitative estimate of drug-likeness (QED) is 0.347. The van der Waals surface area contributed by atoms with Gasteiger partial charge in [-0.3, -0.25) is 4.79 Å². The first-order chi connectivity index (χ1) is 17.4. The molecule has 6 nitrogen and oxygen atoms in total. The molecule has 0 aromatic carbocycles. The lowest BCUT2D eigenvalue weighted by molar-refractivity contribution is -0.215. The molecule has 0 spiro atoms. The maximum Gasteiger partial charge on any atom is 0.333 e. The largest absolute Gasteiger partial charge is 0.472 e. The van der Waals surface area contributed by atoms with Gasteiger partial charge in [0.2, 0.25) is 0 Å². The average molecular weight is 507 g/mol. The number of ketones is 1. The normalized spacial score (nSPS) is 48.2. The minimum atomic E-state index is -0.778. The second kappa shape index (κ2) is 7.79. The Morgan fingerprint density at radius 2 is 1.95 bits per heavy atom. The standard InChI is InChI=1S/C31H38O6/c1-7-17(2)27(34)37-23-14-21-30(5,20-9-8-19(29(20,23)4)18-11-13-35-15-18)26(33)24-25-28(3,16-36-24)12-10-22(32)31(21,25)6/h7,9-13,15,19,21,23-26,33H,8,14,16H2,1-6H3. The average Bonchev–Trinajstić information content (AvgIpc) is 3.60. The molecule has 2 heterocycles. The number of aliphatic hydroxyl groups is 1. The molecule has 5 aliphatic rings. The Labute approximate surface area is 218 Å². The van der Waals surface area contributed by atoms with E-state index in [0.717, 1.165) is 17.6 Å². The van der Waals surface area contributed by atoms with Gasteiger partial charge in [-0.25, -0.2) is 4.79 Å². The molecule has 198 valence electrons. The van der Waals surface area contributed by atoms with Gasteiger partial charge >= 0.3 is 5.97 Å². The van der Waals surface area contributed by atoms with Crippen LogP contribution in [-0.2, 0) is 19.1 Å². The summed E-state index contributed by atoms with van der Waals surface area (Å²) in [6.45, 7) is 12.6. The van der Waals surface area contributed by atoms with E-state index in [1.165, 1.54) is 0 Å². The molecule has 0 bridgehead atoms. The van der Waals surface area contributed by atoms with Gasteiger partial charge < -0.3 is 19.0 Å². The number of esters is 1. The molecule has 4 aliphatic carbocycles. The summed E-state index contributed by atoms with van der Waals surface area (Å²) in [7, 11) is 0. The molecule has 1 saturated heterocycles. The van der Waals surface area contributed by atoms with Crippen LogP contribution in [-0.4, -0.2) is 41.8 Å². The third-order valence-corrected chi connectivity index (χ3v) is 11.3. The zero-order chi connectivity index (χ0) is 26.5. The van der Waals surface area contributed by atoms with Crippen molar-refractivity contribution in [2.24, 2.45) is 33.5 Å². The lowest BCUT2D eigenvalue weighted by atomic mass is 9.37. The van der Waals surface area contributed by atoms with Gasteiger partial charge in [0.1, 0.15) is 6.10 Å². The van der Waals surface area contributed by atoms with Crippen molar-refractivity contribution in [2.75, 3.05) is 6.61 Å². The van der Waals surface area contributed by atoms with Crippen molar-refractivity contribution in [3.05, 3.63) is 59.6 Å². The van der Waals surface area contributed by atoms with Crippen molar-refractivity contribution < 1.29 is 28.6 Å². The summed E-state index contributed by atoms with van der Waals surface area (Å²) in [5.41, 5.74) is 0.318. The van der Waals surface area contributed by atoms with Crippen molar-refractivity contribution >= 4 is 11.8 Å². The molecule has 37 heavy (non-hydrogen) atoms. The van der Waals surface area contributed by atoms with Crippen LogP contribution in [0.15, 0.2) is 58.5 Å². The van der Waals surface area contributed by atoms with Gasteiger partial charge in [-0.2, -0.15) is 0 Å². The van der Waals surface area contributed by atoms with E-state index in [1.807, 2.05) is 19.1 Å². The molecule has 6 rings (SSSR count). The maximum atomic E-state index is 13.8. The number of ether oxygens (including phenoxy) is 2. The molecule has 10 atom stereocenters.